The molecule has 1 aliphatic heterocycles. The lowest BCUT2D eigenvalue weighted by molar-refractivity contribution is -0.117. The van der Waals surface area contributed by atoms with Crippen molar-refractivity contribution in [2.24, 2.45) is 0 Å². The third kappa shape index (κ3) is 5.09. The number of pyridine rings is 1. The standard InChI is InChI=1S/C18H19BrClN3O3/c1-23(11-17(24)22-16-4-3-13(19)9-21-16)10-12-7-14(20)18-15(8-12)25-5-2-6-26-18/h3-4,7-9H,2,5-6,10-11H2,1H3,(H,21,22,24). The second kappa shape index (κ2) is 8.70. The fourth-order valence-corrected chi connectivity index (χ4v) is 3.14. The Balaban J connectivity index is 1.60. The van der Waals surface area contributed by atoms with Gasteiger partial charge in [0.1, 0.15) is 5.82 Å². The number of benzene rings is 1. The number of nitrogens with zero attached hydrogens (tertiary/aromatic N) is 2. The van der Waals surface area contributed by atoms with Crippen LogP contribution in [0.25, 0.3) is 0 Å². The Morgan fingerprint density at radius 2 is 2.15 bits per heavy atom. The van der Waals surface area contributed by atoms with Gasteiger partial charge in [0.05, 0.1) is 24.8 Å². The van der Waals surface area contributed by atoms with Crippen molar-refractivity contribution in [2.45, 2.75) is 13.0 Å². The van der Waals surface area contributed by atoms with Gasteiger partial charge in [-0.2, -0.15) is 0 Å². The molecular weight excluding hydrogens is 422 g/mol. The average Bonchev–Trinajstić information content (AvgIpc) is 2.82. The number of fused-ring (bicyclic) bond motifs is 1. The molecule has 0 atom stereocenters. The molecule has 0 unspecified atom stereocenters. The molecule has 8 heteroatoms. The topological polar surface area (TPSA) is 63.7 Å². The molecule has 2 heterocycles. The van der Waals surface area contributed by atoms with E-state index in [1.807, 2.05) is 30.1 Å². The first-order valence-electron chi connectivity index (χ1n) is 8.19. The Morgan fingerprint density at radius 3 is 2.92 bits per heavy atom. The second-order valence-electron chi connectivity index (χ2n) is 6.04. The highest BCUT2D eigenvalue weighted by molar-refractivity contribution is 9.10. The monoisotopic (exact) mass is 439 g/mol. The Labute approximate surface area is 165 Å². The summed E-state index contributed by atoms with van der Waals surface area (Å²) in [5, 5.41) is 3.30. The predicted octanol–water partition coefficient (Wildman–Crippen LogP) is 3.73. The summed E-state index contributed by atoms with van der Waals surface area (Å²) in [4.78, 5) is 18.2. The van der Waals surface area contributed by atoms with Crippen molar-refractivity contribution in [1.82, 2.24) is 9.88 Å². The van der Waals surface area contributed by atoms with E-state index in [0.29, 0.717) is 42.1 Å². The summed E-state index contributed by atoms with van der Waals surface area (Å²) in [5.74, 6) is 1.63. The predicted molar refractivity (Wildman–Crippen MR) is 104 cm³/mol. The van der Waals surface area contributed by atoms with Crippen LogP contribution in [-0.4, -0.2) is 42.6 Å². The Bertz CT molecular complexity index is 786. The first kappa shape index (κ1) is 18.9. The first-order chi connectivity index (χ1) is 12.5. The minimum Gasteiger partial charge on any atom is -0.489 e. The molecule has 2 aromatic rings. The summed E-state index contributed by atoms with van der Waals surface area (Å²) in [6, 6.07) is 7.33. The lowest BCUT2D eigenvalue weighted by Gasteiger charge is -2.18. The van der Waals surface area contributed by atoms with Crippen LogP contribution in [0.5, 0.6) is 11.5 Å². The van der Waals surface area contributed by atoms with Gasteiger partial charge in [0.2, 0.25) is 5.91 Å². The quantitative estimate of drug-likeness (QED) is 0.767. The second-order valence-corrected chi connectivity index (χ2v) is 7.36. The van der Waals surface area contributed by atoms with Crippen LogP contribution >= 0.6 is 27.5 Å². The summed E-state index contributed by atoms with van der Waals surface area (Å²) in [7, 11) is 1.87. The summed E-state index contributed by atoms with van der Waals surface area (Å²) in [5.41, 5.74) is 0.955. The number of amides is 1. The summed E-state index contributed by atoms with van der Waals surface area (Å²) in [6.07, 6.45) is 2.46. The molecule has 138 valence electrons. The number of carbonyl (C=O) groups excluding carboxylic acids is 1. The molecule has 0 spiro atoms. The molecule has 1 aromatic carbocycles. The summed E-state index contributed by atoms with van der Waals surface area (Å²) in [6.45, 7) is 1.98. The molecule has 0 saturated heterocycles. The average molecular weight is 441 g/mol. The van der Waals surface area contributed by atoms with Gasteiger partial charge in [-0.15, -0.1) is 0 Å². The van der Waals surface area contributed by atoms with E-state index in [1.165, 1.54) is 0 Å². The van der Waals surface area contributed by atoms with Gasteiger partial charge in [-0.3, -0.25) is 9.69 Å². The van der Waals surface area contributed by atoms with E-state index in [1.54, 1.807) is 12.3 Å². The number of hydrogen-bond acceptors (Lipinski definition) is 5. The highest BCUT2D eigenvalue weighted by Crippen LogP contribution is 2.38. The molecule has 1 amide bonds. The smallest absolute Gasteiger partial charge is 0.239 e. The van der Waals surface area contributed by atoms with Crippen molar-refractivity contribution in [1.29, 1.82) is 0 Å². The number of likely N-dealkylation sites (N-methyl/N-ethyl adjacent to an activating group) is 1. The van der Waals surface area contributed by atoms with E-state index in [4.69, 9.17) is 21.1 Å². The van der Waals surface area contributed by atoms with Gasteiger partial charge in [-0.05, 0) is 52.8 Å². The van der Waals surface area contributed by atoms with Crippen LogP contribution in [-0.2, 0) is 11.3 Å². The van der Waals surface area contributed by atoms with Crippen molar-refractivity contribution >= 4 is 39.3 Å². The molecule has 0 bridgehead atoms. The molecule has 3 rings (SSSR count). The van der Waals surface area contributed by atoms with Crippen LogP contribution in [0.4, 0.5) is 5.82 Å². The van der Waals surface area contributed by atoms with E-state index in [0.717, 1.165) is 16.5 Å². The number of rotatable bonds is 5. The van der Waals surface area contributed by atoms with Gasteiger partial charge in [0.15, 0.2) is 11.5 Å². The molecule has 0 aliphatic carbocycles. The summed E-state index contributed by atoms with van der Waals surface area (Å²) >= 11 is 9.63. The van der Waals surface area contributed by atoms with Gasteiger partial charge in [0.25, 0.3) is 0 Å². The van der Waals surface area contributed by atoms with E-state index in [-0.39, 0.29) is 12.5 Å². The normalized spacial score (nSPS) is 13.4. The number of ether oxygens (including phenoxy) is 2. The zero-order valence-corrected chi connectivity index (χ0v) is 16.6. The SMILES string of the molecule is CN(CC(=O)Nc1ccc(Br)cn1)Cc1cc(Cl)c2c(c1)OCCCO2. The van der Waals surface area contributed by atoms with Crippen LogP contribution in [0, 0.1) is 0 Å². The highest BCUT2D eigenvalue weighted by atomic mass is 79.9. The molecule has 0 saturated carbocycles. The van der Waals surface area contributed by atoms with Gasteiger partial charge in [-0.1, -0.05) is 11.6 Å². The Kier molecular flexibility index (Phi) is 6.34. The number of anilines is 1. The van der Waals surface area contributed by atoms with Crippen molar-refractivity contribution in [3.05, 3.63) is 45.5 Å². The third-order valence-corrected chi connectivity index (χ3v) is 4.47. The van der Waals surface area contributed by atoms with E-state index >= 15 is 0 Å². The maximum absolute atomic E-state index is 12.2. The van der Waals surface area contributed by atoms with Gasteiger partial charge in [-0.25, -0.2) is 4.98 Å². The largest absolute Gasteiger partial charge is 0.489 e. The number of nitrogens with one attached hydrogen (secondary N) is 1. The molecule has 0 fully saturated rings. The minimum atomic E-state index is -0.136. The maximum atomic E-state index is 12.2. The fourth-order valence-electron chi connectivity index (χ4n) is 2.62. The molecule has 1 aliphatic rings. The van der Waals surface area contributed by atoms with Crippen molar-refractivity contribution in [3.63, 3.8) is 0 Å². The zero-order chi connectivity index (χ0) is 18.5. The molecule has 6 nitrogen and oxygen atoms in total. The fraction of sp³-hybridized carbons (Fsp3) is 0.333. The maximum Gasteiger partial charge on any atom is 0.239 e. The van der Waals surface area contributed by atoms with E-state index in [2.05, 4.69) is 26.2 Å². The number of halogens is 2. The number of carbonyl (C=O) groups is 1. The van der Waals surface area contributed by atoms with Gasteiger partial charge < -0.3 is 14.8 Å². The van der Waals surface area contributed by atoms with Crippen LogP contribution in [0.2, 0.25) is 5.02 Å². The van der Waals surface area contributed by atoms with Crippen molar-refractivity contribution in [2.75, 3.05) is 32.1 Å². The lowest BCUT2D eigenvalue weighted by Crippen LogP contribution is -2.30. The highest BCUT2D eigenvalue weighted by Gasteiger charge is 2.17. The minimum absolute atomic E-state index is 0.136. The Hall–Kier alpha value is -1.83. The molecule has 26 heavy (non-hydrogen) atoms. The van der Waals surface area contributed by atoms with Crippen molar-refractivity contribution in [3.8, 4) is 11.5 Å². The van der Waals surface area contributed by atoms with Crippen LogP contribution in [0.15, 0.2) is 34.9 Å². The van der Waals surface area contributed by atoms with Crippen LogP contribution < -0.4 is 14.8 Å². The van der Waals surface area contributed by atoms with Crippen LogP contribution in [0.3, 0.4) is 0 Å². The zero-order valence-electron chi connectivity index (χ0n) is 14.3. The van der Waals surface area contributed by atoms with E-state index < -0.39 is 0 Å². The third-order valence-electron chi connectivity index (χ3n) is 3.72. The van der Waals surface area contributed by atoms with E-state index in [9.17, 15) is 4.79 Å². The Morgan fingerprint density at radius 1 is 1.35 bits per heavy atom. The molecule has 1 aromatic heterocycles. The molecule has 0 radical (unpaired) electrons. The van der Waals surface area contributed by atoms with Gasteiger partial charge >= 0.3 is 0 Å². The molecular formula is C18H19BrClN3O3. The van der Waals surface area contributed by atoms with Crippen molar-refractivity contribution < 1.29 is 14.3 Å². The summed E-state index contributed by atoms with van der Waals surface area (Å²) < 4.78 is 12.2. The lowest BCUT2D eigenvalue weighted by atomic mass is 10.2. The number of aromatic nitrogens is 1. The molecule has 1 N–H and O–H groups in total. The number of hydrogen-bond donors (Lipinski definition) is 1. The van der Waals surface area contributed by atoms with Crippen LogP contribution in [0.1, 0.15) is 12.0 Å². The van der Waals surface area contributed by atoms with Gasteiger partial charge in [0, 0.05) is 23.6 Å². The first-order valence-corrected chi connectivity index (χ1v) is 9.36.